The number of hydrazone groups is 1. The summed E-state index contributed by atoms with van der Waals surface area (Å²) < 4.78 is 11.6. The molecule has 0 saturated heterocycles. The second kappa shape index (κ2) is 13.6. The van der Waals surface area contributed by atoms with Gasteiger partial charge in [0.25, 0.3) is 11.8 Å². The summed E-state index contributed by atoms with van der Waals surface area (Å²) in [6.45, 7) is -0.300. The second-order valence-corrected chi connectivity index (χ2v) is 9.03. The number of halogens is 1. The van der Waals surface area contributed by atoms with Crippen molar-refractivity contribution in [2.45, 2.75) is 0 Å². The molecule has 2 amide bonds. The Morgan fingerprint density at radius 1 is 0.725 bits per heavy atom. The molecule has 4 rings (SSSR count). The third kappa shape index (κ3) is 7.71. The molecule has 0 atom stereocenters. The van der Waals surface area contributed by atoms with Crippen LogP contribution in [0, 0.1) is 0 Å². The minimum atomic E-state index is -0.652. The van der Waals surface area contributed by atoms with E-state index in [1.54, 1.807) is 91.0 Å². The van der Waals surface area contributed by atoms with Crippen molar-refractivity contribution in [2.75, 3.05) is 6.54 Å². The van der Waals surface area contributed by atoms with E-state index in [-0.39, 0.29) is 18.0 Å². The van der Waals surface area contributed by atoms with E-state index in [9.17, 15) is 19.2 Å². The molecule has 0 aromatic heterocycles. The molecule has 2 N–H and O–H groups in total. The normalized spacial score (nSPS) is 10.5. The van der Waals surface area contributed by atoms with Crippen molar-refractivity contribution >= 4 is 45.9 Å². The summed E-state index contributed by atoms with van der Waals surface area (Å²) in [7, 11) is 0. The van der Waals surface area contributed by atoms with E-state index in [0.717, 1.165) is 0 Å². The molecule has 0 aliphatic rings. The van der Waals surface area contributed by atoms with Gasteiger partial charge in [-0.15, -0.1) is 0 Å². The largest absolute Gasteiger partial charge is 0.419 e. The van der Waals surface area contributed by atoms with Crippen LogP contribution in [0.4, 0.5) is 0 Å². The summed E-state index contributed by atoms with van der Waals surface area (Å²) in [6.07, 6.45) is 1.32. The molecule has 0 aliphatic heterocycles. The van der Waals surface area contributed by atoms with Crippen LogP contribution in [0.3, 0.4) is 0 Å². The van der Waals surface area contributed by atoms with Crippen LogP contribution in [0.2, 0.25) is 0 Å². The fraction of sp³-hybridized carbons (Fsp3) is 0.0333. The third-order valence-corrected chi connectivity index (χ3v) is 6.01. The Labute approximate surface area is 237 Å². The number of esters is 2. The van der Waals surface area contributed by atoms with Gasteiger partial charge in [0, 0.05) is 4.47 Å². The molecule has 0 bridgehead atoms. The highest BCUT2D eigenvalue weighted by molar-refractivity contribution is 9.10. The predicted molar refractivity (Wildman–Crippen MR) is 151 cm³/mol. The molecule has 9 nitrogen and oxygen atoms in total. The molecule has 4 aromatic carbocycles. The SMILES string of the molecule is O=C(CNC(=O)c1ccccc1Br)NN=Cc1ccc(OC(=O)c2ccccc2)c(OC(=O)c2ccccc2)c1. The number of amides is 2. The fourth-order valence-corrected chi connectivity index (χ4v) is 3.82. The monoisotopic (exact) mass is 599 g/mol. The van der Waals surface area contributed by atoms with Crippen molar-refractivity contribution < 1.29 is 28.7 Å². The molecular weight excluding hydrogens is 578 g/mol. The summed E-state index contributed by atoms with van der Waals surface area (Å²) in [5.41, 5.74) is 3.78. The molecule has 0 radical (unpaired) electrons. The molecule has 0 unspecified atom stereocenters. The van der Waals surface area contributed by atoms with Gasteiger partial charge in [0.05, 0.1) is 29.4 Å². The number of nitrogens with one attached hydrogen (secondary N) is 2. The average molecular weight is 600 g/mol. The van der Waals surface area contributed by atoms with E-state index < -0.39 is 23.8 Å². The number of hydrogen-bond acceptors (Lipinski definition) is 7. The number of rotatable bonds is 9. The van der Waals surface area contributed by atoms with Crippen LogP contribution in [-0.2, 0) is 4.79 Å². The van der Waals surface area contributed by atoms with E-state index in [0.29, 0.717) is 26.7 Å². The third-order valence-electron chi connectivity index (χ3n) is 5.32. The molecule has 200 valence electrons. The highest BCUT2D eigenvalue weighted by atomic mass is 79.9. The smallest absolute Gasteiger partial charge is 0.343 e. The van der Waals surface area contributed by atoms with E-state index in [2.05, 4.69) is 31.8 Å². The van der Waals surface area contributed by atoms with Gasteiger partial charge >= 0.3 is 11.9 Å². The van der Waals surface area contributed by atoms with Crippen LogP contribution in [-0.4, -0.2) is 36.5 Å². The van der Waals surface area contributed by atoms with Gasteiger partial charge in [-0.1, -0.05) is 48.5 Å². The number of hydrogen-bond donors (Lipinski definition) is 2. The number of ether oxygens (including phenoxy) is 2. The minimum absolute atomic E-state index is 0.0193. The Bertz CT molecular complexity index is 1560. The zero-order chi connectivity index (χ0) is 28.3. The number of carbonyl (C=O) groups excluding carboxylic acids is 4. The van der Waals surface area contributed by atoms with Gasteiger partial charge in [0.1, 0.15) is 0 Å². The maximum absolute atomic E-state index is 12.7. The number of carbonyl (C=O) groups is 4. The Kier molecular flexibility index (Phi) is 9.52. The zero-order valence-electron chi connectivity index (χ0n) is 20.9. The minimum Gasteiger partial charge on any atom is -0.419 e. The molecule has 0 saturated carbocycles. The van der Waals surface area contributed by atoms with Crippen LogP contribution in [0.25, 0.3) is 0 Å². The lowest BCUT2D eigenvalue weighted by Gasteiger charge is -2.11. The molecule has 0 spiro atoms. The molecule has 40 heavy (non-hydrogen) atoms. The van der Waals surface area contributed by atoms with Crippen LogP contribution in [0.15, 0.2) is 113 Å². The maximum Gasteiger partial charge on any atom is 0.343 e. The molecular formula is C30H22BrN3O6. The number of nitrogens with zero attached hydrogens (tertiary/aromatic N) is 1. The lowest BCUT2D eigenvalue weighted by atomic mass is 10.2. The molecule has 0 fully saturated rings. The summed E-state index contributed by atoms with van der Waals surface area (Å²) in [5.74, 6) is -2.25. The fourth-order valence-electron chi connectivity index (χ4n) is 3.35. The van der Waals surface area contributed by atoms with Gasteiger partial charge in [-0.25, -0.2) is 15.0 Å². The molecule has 0 heterocycles. The van der Waals surface area contributed by atoms with Crippen molar-refractivity contribution in [3.05, 3.63) is 130 Å². The van der Waals surface area contributed by atoms with Gasteiger partial charge in [0.15, 0.2) is 11.5 Å². The first kappa shape index (κ1) is 27.9. The van der Waals surface area contributed by atoms with Crippen molar-refractivity contribution in [1.82, 2.24) is 10.7 Å². The van der Waals surface area contributed by atoms with Gasteiger partial charge in [0.2, 0.25) is 0 Å². The first-order valence-electron chi connectivity index (χ1n) is 11.9. The van der Waals surface area contributed by atoms with Crippen molar-refractivity contribution in [3.63, 3.8) is 0 Å². The first-order chi connectivity index (χ1) is 19.4. The Morgan fingerprint density at radius 2 is 1.30 bits per heavy atom. The molecule has 0 aliphatic carbocycles. The van der Waals surface area contributed by atoms with Crippen molar-refractivity contribution in [3.8, 4) is 11.5 Å². The summed E-state index contributed by atoms with van der Waals surface area (Å²) in [6, 6.07) is 28.0. The van der Waals surface area contributed by atoms with Crippen molar-refractivity contribution in [2.24, 2.45) is 5.10 Å². The predicted octanol–water partition coefficient (Wildman–Crippen LogP) is 4.77. The van der Waals surface area contributed by atoms with E-state index in [1.807, 2.05) is 0 Å². The summed E-state index contributed by atoms with van der Waals surface area (Å²) in [4.78, 5) is 49.7. The second-order valence-electron chi connectivity index (χ2n) is 8.17. The lowest BCUT2D eigenvalue weighted by molar-refractivity contribution is -0.120. The quantitative estimate of drug-likeness (QED) is 0.124. The van der Waals surface area contributed by atoms with Crippen LogP contribution < -0.4 is 20.2 Å². The van der Waals surface area contributed by atoms with Crippen LogP contribution in [0.5, 0.6) is 11.5 Å². The highest BCUT2D eigenvalue weighted by Gasteiger charge is 2.17. The Balaban J connectivity index is 1.44. The van der Waals surface area contributed by atoms with Gasteiger partial charge in [-0.2, -0.15) is 5.10 Å². The summed E-state index contributed by atoms with van der Waals surface area (Å²) in [5, 5.41) is 6.41. The first-order valence-corrected chi connectivity index (χ1v) is 12.7. The van der Waals surface area contributed by atoms with Crippen molar-refractivity contribution in [1.29, 1.82) is 0 Å². The van der Waals surface area contributed by atoms with Gasteiger partial charge < -0.3 is 14.8 Å². The Morgan fingerprint density at radius 3 is 1.93 bits per heavy atom. The summed E-state index contributed by atoms with van der Waals surface area (Å²) >= 11 is 3.29. The maximum atomic E-state index is 12.7. The van der Waals surface area contributed by atoms with Crippen LogP contribution >= 0.6 is 15.9 Å². The Hall–Kier alpha value is -5.09. The zero-order valence-corrected chi connectivity index (χ0v) is 22.5. The van der Waals surface area contributed by atoms with E-state index in [1.165, 1.54) is 18.3 Å². The van der Waals surface area contributed by atoms with E-state index in [4.69, 9.17) is 9.47 Å². The topological polar surface area (TPSA) is 123 Å². The number of benzene rings is 4. The van der Waals surface area contributed by atoms with Gasteiger partial charge in [-0.3, -0.25) is 9.59 Å². The highest BCUT2D eigenvalue weighted by Crippen LogP contribution is 2.30. The van der Waals surface area contributed by atoms with E-state index >= 15 is 0 Å². The molecule has 10 heteroatoms. The van der Waals surface area contributed by atoms with Gasteiger partial charge in [-0.05, 0) is 76.1 Å². The molecule has 4 aromatic rings. The average Bonchev–Trinajstić information content (AvgIpc) is 2.98. The van der Waals surface area contributed by atoms with Crippen LogP contribution in [0.1, 0.15) is 36.6 Å². The lowest BCUT2D eigenvalue weighted by Crippen LogP contribution is -2.35. The standard InChI is InChI=1S/C30H22BrN3O6/c31-24-14-8-7-13-23(24)28(36)32-19-27(35)34-33-18-20-15-16-25(39-29(37)21-9-3-1-4-10-21)26(17-20)40-30(38)22-11-5-2-6-12-22/h1-18H,19H2,(H,32,36)(H,34,35).